The number of guanidine groups is 1. The maximum atomic E-state index is 12.0. The van der Waals surface area contributed by atoms with Crippen LogP contribution in [0.25, 0.3) is 0 Å². The molecule has 0 heterocycles. The molecule has 0 amide bonds. The third-order valence-corrected chi connectivity index (χ3v) is 3.21. The average molecular weight is 318 g/mol. The van der Waals surface area contributed by atoms with E-state index in [2.05, 4.69) is 15.0 Å². The number of alkyl halides is 3. The predicted octanol–water partition coefficient (Wildman–Crippen LogP) is 2.65. The van der Waals surface area contributed by atoms with Crippen LogP contribution in [0.2, 0.25) is 0 Å². The van der Waals surface area contributed by atoms with Crippen molar-refractivity contribution >= 4 is 11.6 Å². The number of aliphatic imine (C=N–C) groups is 1. The lowest BCUT2D eigenvalue weighted by molar-refractivity contribution is -0.274. The van der Waals surface area contributed by atoms with E-state index in [1.165, 1.54) is 24.3 Å². The fraction of sp³-hybridized carbons (Fsp3) is 0.500. The van der Waals surface area contributed by atoms with Gasteiger partial charge in [0.15, 0.2) is 5.96 Å². The average Bonchev–Trinajstić information content (AvgIpc) is 2.37. The number of rotatable bonds is 5. The van der Waals surface area contributed by atoms with Crippen molar-refractivity contribution in [1.82, 2.24) is 4.90 Å². The molecule has 0 aliphatic rings. The molecule has 0 saturated carbocycles. The van der Waals surface area contributed by atoms with Gasteiger partial charge in [-0.05, 0) is 52.2 Å². The lowest BCUT2D eigenvalue weighted by Gasteiger charge is -2.30. The minimum atomic E-state index is -4.70. The van der Waals surface area contributed by atoms with E-state index in [0.29, 0.717) is 12.2 Å². The van der Waals surface area contributed by atoms with E-state index >= 15 is 0 Å². The molecule has 8 heteroatoms. The number of hydrogen-bond donors (Lipinski definition) is 2. The summed E-state index contributed by atoms with van der Waals surface area (Å²) in [6, 6.07) is 5.26. The largest absolute Gasteiger partial charge is 0.573 e. The summed E-state index contributed by atoms with van der Waals surface area (Å²) in [5.41, 5.74) is 6.13. The fourth-order valence-corrected chi connectivity index (χ4v) is 1.35. The van der Waals surface area contributed by atoms with Crippen LogP contribution in [0.1, 0.15) is 13.8 Å². The van der Waals surface area contributed by atoms with Crippen LogP contribution in [0.15, 0.2) is 29.3 Å². The summed E-state index contributed by atoms with van der Waals surface area (Å²) in [6.45, 7) is 4.52. The van der Waals surface area contributed by atoms with E-state index in [1.807, 2.05) is 32.8 Å². The van der Waals surface area contributed by atoms with E-state index in [0.717, 1.165) is 0 Å². The molecule has 0 spiro atoms. The van der Waals surface area contributed by atoms with E-state index < -0.39 is 6.36 Å². The molecule has 0 aliphatic heterocycles. The Hall–Kier alpha value is -1.96. The van der Waals surface area contributed by atoms with Crippen molar-refractivity contribution in [3.8, 4) is 5.75 Å². The van der Waals surface area contributed by atoms with Gasteiger partial charge in [0.2, 0.25) is 0 Å². The summed E-state index contributed by atoms with van der Waals surface area (Å²) < 4.78 is 39.9. The number of anilines is 1. The highest BCUT2D eigenvalue weighted by Crippen LogP contribution is 2.23. The Labute approximate surface area is 128 Å². The van der Waals surface area contributed by atoms with E-state index in [-0.39, 0.29) is 17.2 Å². The van der Waals surface area contributed by atoms with Crippen LogP contribution in [0.5, 0.6) is 5.75 Å². The number of halogens is 3. The number of ether oxygens (including phenoxy) is 1. The summed E-state index contributed by atoms with van der Waals surface area (Å²) in [5.74, 6) is -0.0956. The van der Waals surface area contributed by atoms with Gasteiger partial charge in [-0.25, -0.2) is 0 Å². The number of nitrogens with two attached hydrogens (primary N) is 1. The second-order valence-electron chi connectivity index (χ2n) is 5.61. The third-order valence-electron chi connectivity index (χ3n) is 3.21. The second kappa shape index (κ2) is 6.87. The zero-order valence-electron chi connectivity index (χ0n) is 13.0. The lowest BCUT2D eigenvalue weighted by Crippen LogP contribution is -2.41. The molecule has 0 atom stereocenters. The van der Waals surface area contributed by atoms with E-state index in [1.54, 1.807) is 0 Å². The maximum absolute atomic E-state index is 12.0. The monoisotopic (exact) mass is 318 g/mol. The number of likely N-dealkylation sites (N-methyl/N-ethyl adjacent to an activating group) is 1. The Morgan fingerprint density at radius 2 is 1.77 bits per heavy atom. The number of hydrogen-bond acceptors (Lipinski definition) is 3. The van der Waals surface area contributed by atoms with Crippen LogP contribution in [-0.4, -0.2) is 43.4 Å². The Balaban J connectivity index is 2.63. The zero-order chi connectivity index (χ0) is 17.0. The molecule has 1 aromatic rings. The van der Waals surface area contributed by atoms with Gasteiger partial charge in [-0.2, -0.15) is 0 Å². The van der Waals surface area contributed by atoms with Crippen molar-refractivity contribution in [3.63, 3.8) is 0 Å². The van der Waals surface area contributed by atoms with E-state index in [9.17, 15) is 13.2 Å². The summed E-state index contributed by atoms with van der Waals surface area (Å²) in [6.07, 6.45) is -4.70. The SMILES string of the molecule is CN(C)C(C)(C)CN=C(N)Nc1ccc(OC(F)(F)F)cc1. The first-order valence-electron chi connectivity index (χ1n) is 6.60. The van der Waals surface area contributed by atoms with Crippen molar-refractivity contribution in [2.75, 3.05) is 26.0 Å². The van der Waals surface area contributed by atoms with Gasteiger partial charge in [-0.15, -0.1) is 13.2 Å². The van der Waals surface area contributed by atoms with Crippen molar-refractivity contribution in [3.05, 3.63) is 24.3 Å². The Morgan fingerprint density at radius 1 is 1.23 bits per heavy atom. The Bertz CT molecular complexity index is 510. The normalized spacial score (nSPS) is 13.4. The van der Waals surface area contributed by atoms with Gasteiger partial charge in [-0.3, -0.25) is 4.99 Å². The molecule has 0 aromatic heterocycles. The number of nitrogens with zero attached hydrogens (tertiary/aromatic N) is 2. The van der Waals surface area contributed by atoms with Crippen LogP contribution >= 0.6 is 0 Å². The minimum Gasteiger partial charge on any atom is -0.406 e. The fourth-order valence-electron chi connectivity index (χ4n) is 1.35. The first kappa shape index (κ1) is 18.1. The van der Waals surface area contributed by atoms with Gasteiger partial charge in [0.05, 0.1) is 6.54 Å². The van der Waals surface area contributed by atoms with Crippen LogP contribution in [0, 0.1) is 0 Å². The first-order valence-corrected chi connectivity index (χ1v) is 6.60. The minimum absolute atomic E-state index is 0.156. The molecule has 0 radical (unpaired) electrons. The molecule has 0 saturated heterocycles. The lowest BCUT2D eigenvalue weighted by atomic mass is 10.1. The molecule has 5 nitrogen and oxygen atoms in total. The smallest absolute Gasteiger partial charge is 0.406 e. The zero-order valence-corrected chi connectivity index (χ0v) is 13.0. The van der Waals surface area contributed by atoms with Gasteiger partial charge >= 0.3 is 6.36 Å². The van der Waals surface area contributed by atoms with Gasteiger partial charge in [0.25, 0.3) is 0 Å². The molecule has 1 aromatic carbocycles. The molecule has 124 valence electrons. The molecule has 0 bridgehead atoms. The molecule has 1 rings (SSSR count). The predicted molar refractivity (Wildman–Crippen MR) is 81.0 cm³/mol. The number of benzene rings is 1. The molecular formula is C14H21F3N4O. The van der Waals surface area contributed by atoms with Gasteiger partial charge < -0.3 is 20.7 Å². The highest BCUT2D eigenvalue weighted by molar-refractivity contribution is 5.92. The van der Waals surface area contributed by atoms with Crippen LogP contribution in [0.3, 0.4) is 0 Å². The summed E-state index contributed by atoms with van der Waals surface area (Å²) >= 11 is 0. The van der Waals surface area contributed by atoms with Crippen LogP contribution in [-0.2, 0) is 0 Å². The van der Waals surface area contributed by atoms with Crippen molar-refractivity contribution in [1.29, 1.82) is 0 Å². The summed E-state index contributed by atoms with van der Waals surface area (Å²) in [7, 11) is 3.89. The van der Waals surface area contributed by atoms with Crippen molar-refractivity contribution < 1.29 is 17.9 Å². The van der Waals surface area contributed by atoms with Crippen LogP contribution < -0.4 is 15.8 Å². The van der Waals surface area contributed by atoms with Gasteiger partial charge in [0, 0.05) is 11.2 Å². The Morgan fingerprint density at radius 3 is 2.23 bits per heavy atom. The van der Waals surface area contributed by atoms with Crippen molar-refractivity contribution in [2.45, 2.75) is 25.7 Å². The molecule has 0 fully saturated rings. The summed E-state index contributed by atoms with van der Waals surface area (Å²) in [4.78, 5) is 6.25. The summed E-state index contributed by atoms with van der Waals surface area (Å²) in [5, 5.41) is 2.82. The molecule has 22 heavy (non-hydrogen) atoms. The maximum Gasteiger partial charge on any atom is 0.573 e. The quantitative estimate of drug-likeness (QED) is 0.647. The van der Waals surface area contributed by atoms with E-state index in [4.69, 9.17) is 5.73 Å². The van der Waals surface area contributed by atoms with Gasteiger partial charge in [0.1, 0.15) is 5.75 Å². The highest BCUT2D eigenvalue weighted by atomic mass is 19.4. The number of nitrogens with one attached hydrogen (secondary N) is 1. The topological polar surface area (TPSA) is 62.9 Å². The molecule has 3 N–H and O–H groups in total. The molecule has 0 unspecified atom stereocenters. The van der Waals surface area contributed by atoms with Crippen molar-refractivity contribution in [2.24, 2.45) is 10.7 Å². The second-order valence-corrected chi connectivity index (χ2v) is 5.61. The molecular weight excluding hydrogens is 297 g/mol. The van der Waals surface area contributed by atoms with Gasteiger partial charge in [-0.1, -0.05) is 0 Å². The Kier molecular flexibility index (Phi) is 5.65. The molecule has 0 aliphatic carbocycles. The highest BCUT2D eigenvalue weighted by Gasteiger charge is 2.30. The first-order chi connectivity index (χ1) is 9.99. The third kappa shape index (κ3) is 6.21. The van der Waals surface area contributed by atoms with Crippen LogP contribution in [0.4, 0.5) is 18.9 Å². The standard InChI is InChI=1S/C14H21F3N4O/c1-13(2,21(3)4)9-19-12(18)20-10-5-7-11(8-6-10)22-14(15,16)17/h5-8H,9H2,1-4H3,(H3,18,19,20).